The first-order valence-corrected chi connectivity index (χ1v) is 5.15. The van der Waals surface area contributed by atoms with Crippen molar-refractivity contribution in [1.82, 2.24) is 10.6 Å². The Bertz CT molecular complexity index is 388. The fraction of sp³-hybridized carbons (Fsp3) is 0.333. The highest BCUT2D eigenvalue weighted by atomic mass is 16.2. The van der Waals surface area contributed by atoms with Crippen molar-refractivity contribution >= 4 is 11.8 Å². The summed E-state index contributed by atoms with van der Waals surface area (Å²) in [5.41, 5.74) is 2.20. The first kappa shape index (κ1) is 12.2. The summed E-state index contributed by atoms with van der Waals surface area (Å²) in [4.78, 5) is 21.9. The van der Waals surface area contributed by atoms with E-state index in [0.29, 0.717) is 6.54 Å². The molecule has 1 aromatic carbocycles. The van der Waals surface area contributed by atoms with Crippen LogP contribution in [0.25, 0.3) is 0 Å². The van der Waals surface area contributed by atoms with Crippen LogP contribution in [-0.2, 0) is 11.3 Å². The maximum absolute atomic E-state index is 11.3. The van der Waals surface area contributed by atoms with Gasteiger partial charge in [0.15, 0.2) is 0 Å². The molecule has 0 radical (unpaired) electrons. The summed E-state index contributed by atoms with van der Waals surface area (Å²) in [7, 11) is 0. The van der Waals surface area contributed by atoms with E-state index in [-0.39, 0.29) is 18.4 Å². The van der Waals surface area contributed by atoms with Gasteiger partial charge in [-0.05, 0) is 25.0 Å². The molecule has 0 aliphatic carbocycles. The normalized spacial score (nSPS) is 9.62. The van der Waals surface area contributed by atoms with Crippen LogP contribution in [0.2, 0.25) is 0 Å². The van der Waals surface area contributed by atoms with Gasteiger partial charge >= 0.3 is 6.03 Å². The number of rotatable bonds is 4. The van der Waals surface area contributed by atoms with E-state index < -0.39 is 0 Å². The molecule has 0 unspecified atom stereocenters. The van der Waals surface area contributed by atoms with Gasteiger partial charge in [0.05, 0.1) is 6.54 Å². The molecule has 0 heterocycles. The van der Waals surface area contributed by atoms with Gasteiger partial charge in [0.1, 0.15) is 5.78 Å². The lowest BCUT2D eigenvalue weighted by atomic mass is 10.1. The molecule has 0 atom stereocenters. The molecule has 0 fully saturated rings. The SMILES string of the molecule is CC(=O)CNC(=O)NCc1ccccc1C. The van der Waals surface area contributed by atoms with Gasteiger partial charge in [-0.2, -0.15) is 0 Å². The number of benzene rings is 1. The fourth-order valence-electron chi connectivity index (χ4n) is 1.25. The van der Waals surface area contributed by atoms with E-state index >= 15 is 0 Å². The standard InChI is InChI=1S/C12H16N2O2/c1-9-5-3-4-6-11(9)8-14-12(16)13-7-10(2)15/h3-6H,7-8H2,1-2H3,(H2,13,14,16). The van der Waals surface area contributed by atoms with Crippen molar-refractivity contribution in [2.45, 2.75) is 20.4 Å². The lowest BCUT2D eigenvalue weighted by Crippen LogP contribution is -2.37. The van der Waals surface area contributed by atoms with Crippen LogP contribution in [0.15, 0.2) is 24.3 Å². The van der Waals surface area contributed by atoms with Crippen LogP contribution in [0.3, 0.4) is 0 Å². The minimum atomic E-state index is -0.321. The predicted molar refractivity (Wildman–Crippen MR) is 62.1 cm³/mol. The van der Waals surface area contributed by atoms with E-state index in [1.54, 1.807) is 0 Å². The molecule has 0 spiro atoms. The van der Waals surface area contributed by atoms with E-state index in [2.05, 4.69) is 10.6 Å². The molecular formula is C12H16N2O2. The highest BCUT2D eigenvalue weighted by Gasteiger charge is 2.02. The summed E-state index contributed by atoms with van der Waals surface area (Å²) in [5.74, 6) is -0.0639. The zero-order valence-corrected chi connectivity index (χ0v) is 9.54. The Hall–Kier alpha value is -1.84. The third-order valence-electron chi connectivity index (χ3n) is 2.20. The Balaban J connectivity index is 2.37. The summed E-state index contributed by atoms with van der Waals surface area (Å²) >= 11 is 0. The number of aryl methyl sites for hydroxylation is 1. The van der Waals surface area contributed by atoms with Crippen molar-refractivity contribution in [1.29, 1.82) is 0 Å². The van der Waals surface area contributed by atoms with Gasteiger partial charge < -0.3 is 10.6 Å². The minimum Gasteiger partial charge on any atom is -0.334 e. The number of amides is 2. The first-order valence-electron chi connectivity index (χ1n) is 5.15. The van der Waals surface area contributed by atoms with Crippen LogP contribution in [0.4, 0.5) is 4.79 Å². The van der Waals surface area contributed by atoms with Gasteiger partial charge in [0, 0.05) is 6.54 Å². The quantitative estimate of drug-likeness (QED) is 0.805. The van der Waals surface area contributed by atoms with Crippen molar-refractivity contribution in [2.24, 2.45) is 0 Å². The number of Topliss-reactive ketones (excluding diaryl/α,β-unsaturated/α-hetero) is 1. The molecule has 1 rings (SSSR count). The second-order valence-corrected chi connectivity index (χ2v) is 3.66. The highest BCUT2D eigenvalue weighted by molar-refractivity contribution is 5.83. The smallest absolute Gasteiger partial charge is 0.315 e. The van der Waals surface area contributed by atoms with Crippen molar-refractivity contribution < 1.29 is 9.59 Å². The van der Waals surface area contributed by atoms with Gasteiger partial charge in [-0.1, -0.05) is 24.3 Å². The summed E-state index contributed by atoms with van der Waals surface area (Å²) in [6.45, 7) is 3.96. The largest absolute Gasteiger partial charge is 0.334 e. The van der Waals surface area contributed by atoms with Crippen LogP contribution in [0.5, 0.6) is 0 Å². The van der Waals surface area contributed by atoms with Gasteiger partial charge in [0.2, 0.25) is 0 Å². The van der Waals surface area contributed by atoms with E-state index in [9.17, 15) is 9.59 Å². The third-order valence-corrected chi connectivity index (χ3v) is 2.20. The molecule has 0 aromatic heterocycles. The first-order chi connectivity index (χ1) is 7.59. The zero-order valence-electron chi connectivity index (χ0n) is 9.54. The number of urea groups is 1. The third kappa shape index (κ3) is 4.13. The van der Waals surface area contributed by atoms with Crippen molar-refractivity contribution in [2.75, 3.05) is 6.54 Å². The molecule has 86 valence electrons. The van der Waals surface area contributed by atoms with Crippen LogP contribution in [0, 0.1) is 6.92 Å². The van der Waals surface area contributed by atoms with Gasteiger partial charge in [-0.25, -0.2) is 4.79 Å². The van der Waals surface area contributed by atoms with Crippen LogP contribution >= 0.6 is 0 Å². The number of nitrogens with one attached hydrogen (secondary N) is 2. The molecule has 1 aromatic rings. The summed E-state index contributed by atoms with van der Waals surface area (Å²) in [6.07, 6.45) is 0. The Morgan fingerprint density at radius 1 is 1.19 bits per heavy atom. The Labute approximate surface area is 95.0 Å². The molecule has 4 nitrogen and oxygen atoms in total. The van der Waals surface area contributed by atoms with Crippen LogP contribution in [-0.4, -0.2) is 18.4 Å². The Morgan fingerprint density at radius 2 is 1.88 bits per heavy atom. The summed E-state index contributed by atoms with van der Waals surface area (Å²) < 4.78 is 0. The minimum absolute atomic E-state index is 0.0639. The number of carbonyl (C=O) groups is 2. The van der Waals surface area contributed by atoms with E-state index in [1.165, 1.54) is 6.92 Å². The summed E-state index contributed by atoms with van der Waals surface area (Å²) in [6, 6.07) is 7.51. The van der Waals surface area contributed by atoms with Gasteiger partial charge in [-0.15, -0.1) is 0 Å². The van der Waals surface area contributed by atoms with Crippen molar-refractivity contribution in [3.8, 4) is 0 Å². The highest BCUT2D eigenvalue weighted by Crippen LogP contribution is 2.05. The van der Waals surface area contributed by atoms with Crippen molar-refractivity contribution in [3.05, 3.63) is 35.4 Å². The topological polar surface area (TPSA) is 58.2 Å². The number of carbonyl (C=O) groups excluding carboxylic acids is 2. The second kappa shape index (κ2) is 5.90. The van der Waals surface area contributed by atoms with Crippen LogP contribution < -0.4 is 10.6 Å². The van der Waals surface area contributed by atoms with Gasteiger partial charge in [-0.3, -0.25) is 4.79 Å². The number of hydrogen-bond acceptors (Lipinski definition) is 2. The molecule has 16 heavy (non-hydrogen) atoms. The zero-order chi connectivity index (χ0) is 12.0. The lowest BCUT2D eigenvalue weighted by Gasteiger charge is -2.08. The molecule has 0 aliphatic heterocycles. The summed E-state index contributed by atoms with van der Waals surface area (Å²) in [5, 5.41) is 5.17. The molecule has 0 saturated heterocycles. The second-order valence-electron chi connectivity index (χ2n) is 3.66. The van der Waals surface area contributed by atoms with E-state index in [1.807, 2.05) is 31.2 Å². The number of ketones is 1. The maximum Gasteiger partial charge on any atom is 0.315 e. The van der Waals surface area contributed by atoms with Crippen LogP contribution in [0.1, 0.15) is 18.1 Å². The average Bonchev–Trinajstić information content (AvgIpc) is 2.25. The molecule has 0 bridgehead atoms. The monoisotopic (exact) mass is 220 g/mol. The molecular weight excluding hydrogens is 204 g/mol. The maximum atomic E-state index is 11.3. The molecule has 2 N–H and O–H groups in total. The Kier molecular flexibility index (Phi) is 4.51. The van der Waals surface area contributed by atoms with Gasteiger partial charge in [0.25, 0.3) is 0 Å². The molecule has 4 heteroatoms. The predicted octanol–water partition coefficient (Wildman–Crippen LogP) is 1.38. The molecule has 0 aliphatic rings. The molecule has 2 amide bonds. The fourth-order valence-corrected chi connectivity index (χ4v) is 1.25. The number of hydrogen-bond donors (Lipinski definition) is 2. The lowest BCUT2D eigenvalue weighted by molar-refractivity contribution is -0.116. The van der Waals surface area contributed by atoms with E-state index in [0.717, 1.165) is 11.1 Å². The van der Waals surface area contributed by atoms with Crippen molar-refractivity contribution in [3.63, 3.8) is 0 Å². The Morgan fingerprint density at radius 3 is 2.50 bits per heavy atom. The average molecular weight is 220 g/mol. The van der Waals surface area contributed by atoms with E-state index in [4.69, 9.17) is 0 Å². The molecule has 0 saturated carbocycles.